The summed E-state index contributed by atoms with van der Waals surface area (Å²) in [4.78, 5) is 0. The monoisotopic (exact) mass is 275 g/mol. The van der Waals surface area contributed by atoms with Crippen LogP contribution in [0.15, 0.2) is 0 Å². The summed E-state index contributed by atoms with van der Waals surface area (Å²) in [7, 11) is -3.35. The molecule has 2 atom stereocenters. The van der Waals surface area contributed by atoms with Gasteiger partial charge in [0.05, 0.1) is 6.17 Å². The molecule has 0 bridgehead atoms. The first-order chi connectivity index (χ1) is 8.53. The fraction of sp³-hybridized carbons (Fsp3) is 1.00. The molecule has 18 heavy (non-hydrogen) atoms. The minimum atomic E-state index is -3.35. The lowest BCUT2D eigenvalue weighted by Gasteiger charge is -2.39. The van der Waals surface area contributed by atoms with Gasteiger partial charge < -0.3 is 5.73 Å². The van der Waals surface area contributed by atoms with Gasteiger partial charge in [0.15, 0.2) is 0 Å². The van der Waals surface area contributed by atoms with Crippen LogP contribution in [-0.4, -0.2) is 42.8 Å². The van der Waals surface area contributed by atoms with Crippen molar-refractivity contribution < 1.29 is 8.42 Å². The van der Waals surface area contributed by atoms with Crippen molar-refractivity contribution >= 4 is 10.2 Å². The number of piperidine rings is 1. The normalized spacial score (nSPS) is 33.2. The van der Waals surface area contributed by atoms with Crippen molar-refractivity contribution in [2.24, 2.45) is 11.7 Å². The fourth-order valence-corrected chi connectivity index (χ4v) is 4.75. The molecule has 0 aromatic carbocycles. The molecule has 2 rings (SSSR count). The minimum absolute atomic E-state index is 0.250. The van der Waals surface area contributed by atoms with Crippen LogP contribution in [-0.2, 0) is 10.2 Å². The molecule has 2 saturated heterocycles. The summed E-state index contributed by atoms with van der Waals surface area (Å²) >= 11 is 0. The van der Waals surface area contributed by atoms with Crippen molar-refractivity contribution in [2.45, 2.75) is 51.6 Å². The van der Waals surface area contributed by atoms with Crippen LogP contribution < -0.4 is 5.73 Å². The Kier molecular flexibility index (Phi) is 4.64. The lowest BCUT2D eigenvalue weighted by atomic mass is 9.99. The van der Waals surface area contributed by atoms with Crippen LogP contribution in [0.2, 0.25) is 0 Å². The van der Waals surface area contributed by atoms with E-state index in [-0.39, 0.29) is 12.1 Å². The molecule has 2 unspecified atom stereocenters. The molecule has 0 saturated carbocycles. The largest absolute Gasteiger partial charge is 0.315 e. The van der Waals surface area contributed by atoms with Gasteiger partial charge in [0.1, 0.15) is 0 Å². The zero-order valence-electron chi connectivity index (χ0n) is 11.2. The summed E-state index contributed by atoms with van der Waals surface area (Å²) < 4.78 is 28.4. The second-order valence-electron chi connectivity index (χ2n) is 5.54. The van der Waals surface area contributed by atoms with Gasteiger partial charge in [0.2, 0.25) is 0 Å². The van der Waals surface area contributed by atoms with Gasteiger partial charge >= 0.3 is 0 Å². The summed E-state index contributed by atoms with van der Waals surface area (Å²) in [5, 5.41) is 0. The summed E-state index contributed by atoms with van der Waals surface area (Å²) in [5.74, 6) is 0.250. The molecule has 0 aromatic heterocycles. The molecule has 0 radical (unpaired) electrons. The highest BCUT2D eigenvalue weighted by Crippen LogP contribution is 2.25. The van der Waals surface area contributed by atoms with Gasteiger partial charge in [-0.15, -0.1) is 0 Å². The summed E-state index contributed by atoms with van der Waals surface area (Å²) in [5.41, 5.74) is 6.07. The molecule has 2 N–H and O–H groups in total. The summed E-state index contributed by atoms with van der Waals surface area (Å²) in [6.45, 7) is 3.92. The van der Waals surface area contributed by atoms with E-state index in [0.29, 0.717) is 19.6 Å². The Labute approximate surface area is 110 Å². The Hall–Kier alpha value is -0.170. The van der Waals surface area contributed by atoms with Crippen LogP contribution in [0.25, 0.3) is 0 Å². The zero-order chi connectivity index (χ0) is 13.2. The molecule has 5 nitrogen and oxygen atoms in total. The molecule has 6 heteroatoms. The van der Waals surface area contributed by atoms with Crippen molar-refractivity contribution in [2.75, 3.05) is 19.6 Å². The van der Waals surface area contributed by atoms with Crippen LogP contribution in [0.3, 0.4) is 0 Å². The molecule has 2 fully saturated rings. The standard InChI is InChI=1S/C12H25N3O2S/c1-11-7-6-10-15(12(11)13)18(16,17)14-8-4-2-3-5-9-14/h11-12H,2-10,13H2,1H3. The van der Waals surface area contributed by atoms with Crippen LogP contribution in [0, 0.1) is 5.92 Å². The van der Waals surface area contributed by atoms with E-state index in [9.17, 15) is 8.42 Å². The van der Waals surface area contributed by atoms with Crippen LogP contribution in [0.5, 0.6) is 0 Å². The number of hydrogen-bond acceptors (Lipinski definition) is 3. The SMILES string of the molecule is CC1CCCN(S(=O)(=O)N2CCCCCC2)C1N. The lowest BCUT2D eigenvalue weighted by Crippen LogP contribution is -2.56. The second kappa shape index (κ2) is 5.86. The molecule has 2 aliphatic rings. The Morgan fingerprint density at radius 2 is 1.61 bits per heavy atom. The molecule has 0 aliphatic carbocycles. The number of nitrogens with zero attached hydrogens (tertiary/aromatic N) is 2. The fourth-order valence-electron chi connectivity index (χ4n) is 2.86. The van der Waals surface area contributed by atoms with E-state index in [1.54, 1.807) is 4.31 Å². The van der Waals surface area contributed by atoms with Gasteiger partial charge in [-0.3, -0.25) is 0 Å². The van der Waals surface area contributed by atoms with Crippen molar-refractivity contribution in [3.05, 3.63) is 0 Å². The molecule has 0 spiro atoms. The van der Waals surface area contributed by atoms with Crippen molar-refractivity contribution in [1.29, 1.82) is 0 Å². The first-order valence-corrected chi connectivity index (χ1v) is 8.45. The Bertz CT molecular complexity index is 364. The smallest absolute Gasteiger partial charge is 0.283 e. The van der Waals surface area contributed by atoms with Crippen LogP contribution in [0.1, 0.15) is 45.4 Å². The Morgan fingerprint density at radius 1 is 1.00 bits per heavy atom. The maximum absolute atomic E-state index is 12.6. The topological polar surface area (TPSA) is 66.6 Å². The molecule has 0 amide bonds. The van der Waals surface area contributed by atoms with E-state index in [0.717, 1.165) is 38.5 Å². The van der Waals surface area contributed by atoms with Gasteiger partial charge in [-0.2, -0.15) is 17.0 Å². The van der Waals surface area contributed by atoms with E-state index in [1.807, 2.05) is 6.92 Å². The maximum atomic E-state index is 12.6. The highest BCUT2D eigenvalue weighted by molar-refractivity contribution is 7.86. The Balaban J connectivity index is 2.13. The molecule has 2 aliphatic heterocycles. The highest BCUT2D eigenvalue weighted by atomic mass is 32.2. The number of nitrogens with two attached hydrogens (primary N) is 1. The summed E-state index contributed by atoms with van der Waals surface area (Å²) in [6, 6.07) is 0. The molecule has 106 valence electrons. The second-order valence-corrected chi connectivity index (χ2v) is 7.42. The molecular formula is C12H25N3O2S. The third-order valence-corrected chi connectivity index (χ3v) is 6.18. The first-order valence-electron chi connectivity index (χ1n) is 7.06. The lowest BCUT2D eigenvalue weighted by molar-refractivity contribution is 0.179. The first kappa shape index (κ1) is 14.2. The molecular weight excluding hydrogens is 250 g/mol. The van der Waals surface area contributed by atoms with Gasteiger partial charge in [0, 0.05) is 19.6 Å². The van der Waals surface area contributed by atoms with Crippen molar-refractivity contribution in [3.8, 4) is 0 Å². The van der Waals surface area contributed by atoms with E-state index in [2.05, 4.69) is 0 Å². The predicted molar refractivity (Wildman–Crippen MR) is 72.0 cm³/mol. The quantitative estimate of drug-likeness (QED) is 0.821. The van der Waals surface area contributed by atoms with Gasteiger partial charge in [-0.25, -0.2) is 0 Å². The van der Waals surface area contributed by atoms with E-state index < -0.39 is 10.2 Å². The Morgan fingerprint density at radius 3 is 2.22 bits per heavy atom. The average molecular weight is 275 g/mol. The number of hydrogen-bond donors (Lipinski definition) is 1. The minimum Gasteiger partial charge on any atom is -0.315 e. The molecule has 2 heterocycles. The predicted octanol–water partition coefficient (Wildman–Crippen LogP) is 1.12. The van der Waals surface area contributed by atoms with E-state index in [4.69, 9.17) is 5.73 Å². The zero-order valence-corrected chi connectivity index (χ0v) is 12.0. The van der Waals surface area contributed by atoms with Crippen molar-refractivity contribution in [3.63, 3.8) is 0 Å². The third-order valence-electron chi connectivity index (χ3n) is 4.14. The van der Waals surface area contributed by atoms with Gasteiger partial charge in [0.25, 0.3) is 10.2 Å². The van der Waals surface area contributed by atoms with Crippen LogP contribution >= 0.6 is 0 Å². The third kappa shape index (κ3) is 2.87. The van der Waals surface area contributed by atoms with Gasteiger partial charge in [-0.05, 0) is 31.6 Å². The maximum Gasteiger partial charge on any atom is 0.283 e. The van der Waals surface area contributed by atoms with E-state index >= 15 is 0 Å². The highest BCUT2D eigenvalue weighted by Gasteiger charge is 2.37. The van der Waals surface area contributed by atoms with Crippen molar-refractivity contribution in [1.82, 2.24) is 8.61 Å². The molecule has 0 aromatic rings. The number of rotatable bonds is 2. The van der Waals surface area contributed by atoms with Crippen LogP contribution in [0.4, 0.5) is 0 Å². The van der Waals surface area contributed by atoms with Gasteiger partial charge in [-0.1, -0.05) is 19.8 Å². The van der Waals surface area contributed by atoms with E-state index in [1.165, 1.54) is 4.31 Å². The average Bonchev–Trinajstić information content (AvgIpc) is 2.61. The summed E-state index contributed by atoms with van der Waals surface area (Å²) in [6.07, 6.45) is 5.79.